The first-order chi connectivity index (χ1) is 12.9. The molecule has 0 amide bonds. The molecular weight excluding hydrogens is 320 g/mol. The first-order valence-corrected chi connectivity index (χ1v) is 8.83. The molecule has 0 atom stereocenters. The van der Waals surface area contributed by atoms with Crippen LogP contribution in [0, 0.1) is 0 Å². The molecule has 0 saturated carbocycles. The molecule has 2 aromatic carbocycles. The van der Waals surface area contributed by atoms with E-state index >= 15 is 0 Å². The van der Waals surface area contributed by atoms with Crippen molar-refractivity contribution in [3.8, 4) is 0 Å². The predicted molar refractivity (Wildman–Crippen MR) is 102 cm³/mol. The molecule has 0 spiro atoms. The maximum atomic E-state index is 5.48. The second-order valence-corrected chi connectivity index (χ2v) is 6.76. The van der Waals surface area contributed by atoms with Gasteiger partial charge in [-0.15, -0.1) is 0 Å². The number of aromatic nitrogens is 1. The Morgan fingerprint density at radius 1 is 0.885 bits per heavy atom. The van der Waals surface area contributed by atoms with Gasteiger partial charge >= 0.3 is 0 Å². The van der Waals surface area contributed by atoms with Crippen molar-refractivity contribution >= 4 is 5.71 Å². The SMILES string of the molecule is C1=CC(c2ccccc2)(c2ccccc2)CC2=C1C(c1cnco1)=NC2. The van der Waals surface area contributed by atoms with Crippen molar-refractivity contribution in [3.05, 3.63) is 113 Å². The molecule has 3 nitrogen and oxygen atoms in total. The Morgan fingerprint density at radius 3 is 2.19 bits per heavy atom. The maximum absolute atomic E-state index is 5.48. The van der Waals surface area contributed by atoms with Crippen molar-refractivity contribution in [1.29, 1.82) is 0 Å². The summed E-state index contributed by atoms with van der Waals surface area (Å²) in [6.07, 6.45) is 8.66. The van der Waals surface area contributed by atoms with E-state index in [2.05, 4.69) is 77.8 Å². The van der Waals surface area contributed by atoms with Crippen LogP contribution in [0.4, 0.5) is 0 Å². The summed E-state index contributed by atoms with van der Waals surface area (Å²) in [5.74, 6) is 0.742. The van der Waals surface area contributed by atoms with Gasteiger partial charge in [0.1, 0.15) is 5.71 Å². The Morgan fingerprint density at radius 2 is 1.58 bits per heavy atom. The second-order valence-electron chi connectivity index (χ2n) is 6.76. The minimum atomic E-state index is -0.159. The third kappa shape index (κ3) is 2.28. The van der Waals surface area contributed by atoms with Crippen LogP contribution in [-0.2, 0) is 5.41 Å². The van der Waals surface area contributed by atoms with Gasteiger partial charge in [0, 0.05) is 11.0 Å². The number of aliphatic imine (C=N–C) groups is 1. The Bertz CT molecular complexity index is 973. The fourth-order valence-corrected chi connectivity index (χ4v) is 4.06. The van der Waals surface area contributed by atoms with E-state index in [1.165, 1.54) is 28.7 Å². The van der Waals surface area contributed by atoms with E-state index in [0.717, 1.165) is 24.4 Å². The van der Waals surface area contributed by atoms with Crippen LogP contribution in [0.3, 0.4) is 0 Å². The zero-order chi connectivity index (χ0) is 17.4. The van der Waals surface area contributed by atoms with Gasteiger partial charge < -0.3 is 4.42 Å². The molecule has 3 heteroatoms. The van der Waals surface area contributed by atoms with Gasteiger partial charge in [0.05, 0.1) is 12.7 Å². The lowest BCUT2D eigenvalue weighted by Gasteiger charge is -2.35. The predicted octanol–water partition coefficient (Wildman–Crippen LogP) is 4.72. The largest absolute Gasteiger partial charge is 0.442 e. The lowest BCUT2D eigenvalue weighted by molar-refractivity contribution is 0.549. The van der Waals surface area contributed by atoms with E-state index in [-0.39, 0.29) is 5.41 Å². The van der Waals surface area contributed by atoms with E-state index < -0.39 is 0 Å². The molecule has 2 aliphatic rings. The molecule has 26 heavy (non-hydrogen) atoms. The van der Waals surface area contributed by atoms with Crippen LogP contribution < -0.4 is 0 Å². The summed E-state index contributed by atoms with van der Waals surface area (Å²) in [4.78, 5) is 8.77. The van der Waals surface area contributed by atoms with Gasteiger partial charge in [-0.2, -0.15) is 0 Å². The van der Waals surface area contributed by atoms with Crippen LogP contribution in [0.25, 0.3) is 0 Å². The monoisotopic (exact) mass is 338 g/mol. The molecule has 1 aliphatic carbocycles. The summed E-state index contributed by atoms with van der Waals surface area (Å²) in [7, 11) is 0. The van der Waals surface area contributed by atoms with Gasteiger partial charge in [-0.3, -0.25) is 4.99 Å². The number of benzene rings is 2. The standard InChI is InChI=1S/C23H18N2O/c1-3-7-18(8-4-1)23(19-9-5-2-6-10-19)12-11-20-17(13-23)14-25-22(20)21-15-24-16-26-21/h1-12,15-16H,13-14H2. The zero-order valence-electron chi connectivity index (χ0n) is 14.3. The summed E-state index contributed by atoms with van der Waals surface area (Å²) >= 11 is 0. The second kappa shape index (κ2) is 5.95. The van der Waals surface area contributed by atoms with Crippen molar-refractivity contribution < 1.29 is 4.42 Å². The zero-order valence-corrected chi connectivity index (χ0v) is 14.3. The molecule has 0 bridgehead atoms. The van der Waals surface area contributed by atoms with Gasteiger partial charge in [0.2, 0.25) is 0 Å². The summed E-state index contributed by atoms with van der Waals surface area (Å²) in [6, 6.07) is 21.5. The lowest BCUT2D eigenvalue weighted by atomic mass is 9.67. The van der Waals surface area contributed by atoms with E-state index in [1.807, 2.05) is 0 Å². The molecule has 1 aromatic heterocycles. The molecule has 0 unspecified atom stereocenters. The molecule has 0 N–H and O–H groups in total. The average molecular weight is 338 g/mol. The van der Waals surface area contributed by atoms with Crippen molar-refractivity contribution in [2.24, 2.45) is 4.99 Å². The van der Waals surface area contributed by atoms with Crippen molar-refractivity contribution in [1.82, 2.24) is 4.98 Å². The van der Waals surface area contributed by atoms with Gasteiger partial charge in [-0.25, -0.2) is 4.98 Å². The normalized spacial score (nSPS) is 17.9. The van der Waals surface area contributed by atoms with Crippen LogP contribution in [-0.4, -0.2) is 17.2 Å². The van der Waals surface area contributed by atoms with Crippen molar-refractivity contribution in [2.45, 2.75) is 11.8 Å². The highest BCUT2D eigenvalue weighted by atomic mass is 16.3. The molecule has 0 fully saturated rings. The Hall–Kier alpha value is -3.20. The fourth-order valence-electron chi connectivity index (χ4n) is 4.06. The number of allylic oxidation sites excluding steroid dienone is 3. The molecule has 2 heterocycles. The number of nitrogens with zero attached hydrogens (tertiary/aromatic N) is 2. The van der Waals surface area contributed by atoms with Gasteiger partial charge in [0.25, 0.3) is 0 Å². The van der Waals surface area contributed by atoms with Gasteiger partial charge in [0.15, 0.2) is 12.2 Å². The fraction of sp³-hybridized carbons (Fsp3) is 0.130. The van der Waals surface area contributed by atoms with E-state index in [9.17, 15) is 0 Å². The van der Waals surface area contributed by atoms with Gasteiger partial charge in [-0.1, -0.05) is 72.8 Å². The highest BCUT2D eigenvalue weighted by Crippen LogP contribution is 2.44. The van der Waals surface area contributed by atoms with Crippen LogP contribution in [0.5, 0.6) is 0 Å². The van der Waals surface area contributed by atoms with Crippen molar-refractivity contribution in [3.63, 3.8) is 0 Å². The Balaban J connectivity index is 1.61. The molecule has 0 saturated heterocycles. The molecular formula is C23H18N2O. The smallest absolute Gasteiger partial charge is 0.181 e. The minimum absolute atomic E-state index is 0.159. The van der Waals surface area contributed by atoms with Crippen LogP contribution in [0.1, 0.15) is 23.3 Å². The third-order valence-corrected chi connectivity index (χ3v) is 5.33. The molecule has 3 aromatic rings. The third-order valence-electron chi connectivity index (χ3n) is 5.33. The Kier molecular flexibility index (Phi) is 3.45. The highest BCUT2D eigenvalue weighted by Gasteiger charge is 2.38. The average Bonchev–Trinajstić information content (AvgIpc) is 3.38. The number of rotatable bonds is 3. The molecule has 126 valence electrons. The van der Waals surface area contributed by atoms with Gasteiger partial charge in [-0.05, 0) is 23.1 Å². The van der Waals surface area contributed by atoms with Crippen LogP contribution in [0.15, 0.2) is 106 Å². The summed E-state index contributed by atoms with van der Waals surface area (Å²) in [5.41, 5.74) is 5.91. The molecule has 1 aliphatic heterocycles. The molecule has 0 radical (unpaired) electrons. The van der Waals surface area contributed by atoms with E-state index in [1.54, 1.807) is 6.20 Å². The number of hydrogen-bond acceptors (Lipinski definition) is 3. The Labute approximate surface area is 152 Å². The summed E-state index contributed by atoms with van der Waals surface area (Å²) < 4.78 is 5.48. The van der Waals surface area contributed by atoms with E-state index in [0.29, 0.717) is 0 Å². The minimum Gasteiger partial charge on any atom is -0.442 e. The van der Waals surface area contributed by atoms with E-state index in [4.69, 9.17) is 9.41 Å². The number of hydrogen-bond donors (Lipinski definition) is 0. The first kappa shape index (κ1) is 15.1. The summed E-state index contributed by atoms with van der Waals surface area (Å²) in [6.45, 7) is 0.719. The first-order valence-electron chi connectivity index (χ1n) is 8.83. The quantitative estimate of drug-likeness (QED) is 0.693. The molecule has 5 rings (SSSR count). The number of oxazole rings is 1. The van der Waals surface area contributed by atoms with Crippen LogP contribution >= 0.6 is 0 Å². The van der Waals surface area contributed by atoms with Crippen LogP contribution in [0.2, 0.25) is 0 Å². The topological polar surface area (TPSA) is 38.4 Å². The van der Waals surface area contributed by atoms with Crippen molar-refractivity contribution in [2.75, 3.05) is 6.54 Å². The lowest BCUT2D eigenvalue weighted by Crippen LogP contribution is -2.29. The summed E-state index contributed by atoms with van der Waals surface area (Å²) in [5, 5.41) is 0. The highest BCUT2D eigenvalue weighted by molar-refractivity contribution is 6.14. The maximum Gasteiger partial charge on any atom is 0.181 e.